The van der Waals surface area contributed by atoms with Gasteiger partial charge in [-0.2, -0.15) is 0 Å². The normalized spacial score (nSPS) is 23.9. The first-order valence-corrected chi connectivity index (χ1v) is 6.62. The molecule has 88 valence electrons. The highest BCUT2D eigenvalue weighted by atomic mass is 79.9. The van der Waals surface area contributed by atoms with E-state index in [1.807, 2.05) is 12.1 Å². The second-order valence-corrected chi connectivity index (χ2v) is 5.64. The third kappa shape index (κ3) is 2.90. The van der Waals surface area contributed by atoms with Crippen LogP contribution in [-0.2, 0) is 6.54 Å². The molecule has 16 heavy (non-hydrogen) atoms. The molecule has 0 bridgehead atoms. The molecule has 0 radical (unpaired) electrons. The fourth-order valence-electron chi connectivity index (χ4n) is 1.85. The lowest BCUT2D eigenvalue weighted by molar-refractivity contribution is 0.340. The molecule has 1 aromatic carbocycles. The molecule has 0 spiro atoms. The highest BCUT2D eigenvalue weighted by Gasteiger charge is 2.26. The summed E-state index contributed by atoms with van der Waals surface area (Å²) in [4.78, 5) is 0. The summed E-state index contributed by atoms with van der Waals surface area (Å²) in [5, 5.41) is 3.85. The second kappa shape index (κ2) is 5.39. The Balaban J connectivity index is 1.94. The van der Waals surface area contributed by atoms with Crippen molar-refractivity contribution in [2.45, 2.75) is 30.8 Å². The fourth-order valence-corrected chi connectivity index (χ4v) is 2.69. The van der Waals surface area contributed by atoms with Gasteiger partial charge >= 0.3 is 0 Å². The Morgan fingerprint density at radius 1 is 1.50 bits per heavy atom. The predicted molar refractivity (Wildman–Crippen MR) is 70.2 cm³/mol. The molecule has 1 aliphatic carbocycles. The molecule has 0 aliphatic heterocycles. The molecule has 1 saturated carbocycles. The van der Waals surface area contributed by atoms with E-state index in [2.05, 4.69) is 27.3 Å². The van der Waals surface area contributed by atoms with Gasteiger partial charge in [0.05, 0.1) is 7.11 Å². The minimum atomic E-state index is 0.363. The lowest BCUT2D eigenvalue weighted by atomic mass is 9.92. The van der Waals surface area contributed by atoms with Crippen LogP contribution in [-0.4, -0.2) is 18.5 Å². The number of halogens is 2. The maximum Gasteiger partial charge on any atom is 0.123 e. The van der Waals surface area contributed by atoms with Crippen molar-refractivity contribution in [3.8, 4) is 5.75 Å². The number of ether oxygens (including phenoxy) is 1. The topological polar surface area (TPSA) is 21.3 Å². The van der Waals surface area contributed by atoms with Gasteiger partial charge in [0.15, 0.2) is 0 Å². The van der Waals surface area contributed by atoms with Gasteiger partial charge in [-0.25, -0.2) is 0 Å². The SMILES string of the molecule is COc1ccc(Br)cc1CNC1CC(Cl)C1. The Morgan fingerprint density at radius 2 is 2.25 bits per heavy atom. The average Bonchev–Trinajstić information content (AvgIpc) is 2.23. The number of hydrogen-bond acceptors (Lipinski definition) is 2. The van der Waals surface area contributed by atoms with E-state index in [0.717, 1.165) is 29.6 Å². The van der Waals surface area contributed by atoms with Crippen LogP contribution < -0.4 is 10.1 Å². The van der Waals surface area contributed by atoms with Gasteiger partial charge in [-0.1, -0.05) is 15.9 Å². The van der Waals surface area contributed by atoms with Crippen LogP contribution in [0.25, 0.3) is 0 Å². The van der Waals surface area contributed by atoms with E-state index in [9.17, 15) is 0 Å². The van der Waals surface area contributed by atoms with E-state index in [0.29, 0.717) is 11.4 Å². The molecule has 0 unspecified atom stereocenters. The van der Waals surface area contributed by atoms with Gasteiger partial charge in [-0.3, -0.25) is 0 Å². The van der Waals surface area contributed by atoms with Crippen LogP contribution in [0.5, 0.6) is 5.75 Å². The van der Waals surface area contributed by atoms with Gasteiger partial charge in [0.2, 0.25) is 0 Å². The van der Waals surface area contributed by atoms with Crippen molar-refractivity contribution in [1.29, 1.82) is 0 Å². The average molecular weight is 305 g/mol. The van der Waals surface area contributed by atoms with Gasteiger partial charge in [0.25, 0.3) is 0 Å². The van der Waals surface area contributed by atoms with Crippen LogP contribution in [0.3, 0.4) is 0 Å². The van der Waals surface area contributed by atoms with E-state index in [1.165, 1.54) is 5.56 Å². The molecule has 1 aromatic rings. The number of hydrogen-bond donors (Lipinski definition) is 1. The van der Waals surface area contributed by atoms with Gasteiger partial charge < -0.3 is 10.1 Å². The van der Waals surface area contributed by atoms with E-state index in [4.69, 9.17) is 16.3 Å². The summed E-state index contributed by atoms with van der Waals surface area (Å²) in [6, 6.07) is 6.61. The van der Waals surface area contributed by atoms with Gasteiger partial charge in [-0.05, 0) is 31.0 Å². The maximum absolute atomic E-state index is 5.94. The zero-order chi connectivity index (χ0) is 11.5. The Bertz CT molecular complexity index is 366. The Kier molecular flexibility index (Phi) is 4.11. The fraction of sp³-hybridized carbons (Fsp3) is 0.500. The summed E-state index contributed by atoms with van der Waals surface area (Å²) in [6.07, 6.45) is 2.13. The number of alkyl halides is 1. The number of nitrogens with one attached hydrogen (secondary N) is 1. The molecule has 0 saturated heterocycles. The molecule has 1 aliphatic rings. The quantitative estimate of drug-likeness (QED) is 0.862. The lowest BCUT2D eigenvalue weighted by Gasteiger charge is -2.31. The first kappa shape index (κ1) is 12.2. The zero-order valence-electron chi connectivity index (χ0n) is 9.17. The van der Waals surface area contributed by atoms with Gasteiger partial charge in [0.1, 0.15) is 5.75 Å². The molecule has 2 rings (SSSR count). The third-order valence-electron chi connectivity index (χ3n) is 2.90. The molecular formula is C12H15BrClNO. The standard InChI is InChI=1S/C12H15BrClNO/c1-16-12-3-2-9(13)4-8(12)7-15-11-5-10(14)6-11/h2-4,10-11,15H,5-7H2,1H3. The van der Waals surface area contributed by atoms with E-state index < -0.39 is 0 Å². The molecular weight excluding hydrogens is 289 g/mol. The van der Waals surface area contributed by atoms with Crippen molar-refractivity contribution in [1.82, 2.24) is 5.32 Å². The Morgan fingerprint density at radius 3 is 2.88 bits per heavy atom. The van der Waals surface area contributed by atoms with Crippen LogP contribution in [0, 0.1) is 0 Å². The van der Waals surface area contributed by atoms with Crippen molar-refractivity contribution in [3.05, 3.63) is 28.2 Å². The summed E-state index contributed by atoms with van der Waals surface area (Å²) >= 11 is 9.41. The van der Waals surface area contributed by atoms with Crippen LogP contribution in [0.15, 0.2) is 22.7 Å². The Hall–Kier alpha value is -0.250. The number of methoxy groups -OCH3 is 1. The summed E-state index contributed by atoms with van der Waals surface area (Å²) < 4.78 is 6.40. The lowest BCUT2D eigenvalue weighted by Crippen LogP contribution is -2.41. The highest BCUT2D eigenvalue weighted by molar-refractivity contribution is 9.10. The van der Waals surface area contributed by atoms with Crippen molar-refractivity contribution in [3.63, 3.8) is 0 Å². The molecule has 1 N–H and O–H groups in total. The number of benzene rings is 1. The predicted octanol–water partition coefficient (Wildman–Crippen LogP) is 3.32. The van der Waals surface area contributed by atoms with E-state index >= 15 is 0 Å². The maximum atomic E-state index is 5.94. The van der Waals surface area contributed by atoms with Crippen molar-refractivity contribution in [2.75, 3.05) is 7.11 Å². The largest absolute Gasteiger partial charge is 0.496 e. The molecule has 1 fully saturated rings. The minimum absolute atomic E-state index is 0.363. The second-order valence-electron chi connectivity index (χ2n) is 4.10. The molecule has 0 heterocycles. The van der Waals surface area contributed by atoms with Crippen LogP contribution in [0.4, 0.5) is 0 Å². The smallest absolute Gasteiger partial charge is 0.123 e. The molecule has 0 amide bonds. The van der Waals surface area contributed by atoms with Crippen LogP contribution in [0.2, 0.25) is 0 Å². The van der Waals surface area contributed by atoms with Gasteiger partial charge in [0, 0.05) is 28.0 Å². The Labute approximate surface area is 109 Å². The van der Waals surface area contributed by atoms with E-state index in [-0.39, 0.29) is 0 Å². The summed E-state index contributed by atoms with van der Waals surface area (Å²) in [5.41, 5.74) is 1.18. The van der Waals surface area contributed by atoms with Crippen molar-refractivity contribution >= 4 is 27.5 Å². The molecule has 4 heteroatoms. The summed E-state index contributed by atoms with van der Waals surface area (Å²) in [6.45, 7) is 0.830. The van der Waals surface area contributed by atoms with Crippen molar-refractivity contribution < 1.29 is 4.74 Å². The zero-order valence-corrected chi connectivity index (χ0v) is 11.5. The molecule has 2 nitrogen and oxygen atoms in total. The van der Waals surface area contributed by atoms with Gasteiger partial charge in [-0.15, -0.1) is 11.6 Å². The minimum Gasteiger partial charge on any atom is -0.496 e. The first-order valence-electron chi connectivity index (χ1n) is 5.39. The van der Waals surface area contributed by atoms with Crippen LogP contribution >= 0.6 is 27.5 Å². The molecule has 0 aromatic heterocycles. The monoisotopic (exact) mass is 303 g/mol. The third-order valence-corrected chi connectivity index (χ3v) is 3.75. The van der Waals surface area contributed by atoms with Crippen LogP contribution in [0.1, 0.15) is 18.4 Å². The number of rotatable bonds is 4. The summed E-state index contributed by atoms with van der Waals surface area (Å²) in [7, 11) is 1.70. The first-order chi connectivity index (χ1) is 7.69. The summed E-state index contributed by atoms with van der Waals surface area (Å²) in [5.74, 6) is 0.928. The van der Waals surface area contributed by atoms with E-state index in [1.54, 1.807) is 7.11 Å². The highest BCUT2D eigenvalue weighted by Crippen LogP contribution is 2.27. The molecule has 0 atom stereocenters. The van der Waals surface area contributed by atoms with Crippen molar-refractivity contribution in [2.24, 2.45) is 0 Å².